The number of nitrogens with zero attached hydrogens (tertiary/aromatic N) is 2. The van der Waals surface area contributed by atoms with Crippen molar-refractivity contribution in [2.45, 2.75) is 19.4 Å². The van der Waals surface area contributed by atoms with Crippen LogP contribution < -0.4 is 10.2 Å². The molecule has 0 aliphatic rings. The minimum absolute atomic E-state index is 0.0684. The fourth-order valence-corrected chi connectivity index (χ4v) is 2.69. The molecule has 2 rings (SSSR count). The minimum atomic E-state index is 0.0684. The Balaban J connectivity index is 1.65. The lowest BCUT2D eigenvalue weighted by Gasteiger charge is -2.16. The molecule has 4 nitrogen and oxygen atoms in total. The zero-order valence-corrected chi connectivity index (χ0v) is 15.5. The van der Waals surface area contributed by atoms with Gasteiger partial charge in [0.25, 0.3) is 0 Å². The van der Waals surface area contributed by atoms with Gasteiger partial charge >= 0.3 is 0 Å². The molecule has 25 heavy (non-hydrogen) atoms. The summed E-state index contributed by atoms with van der Waals surface area (Å²) >= 11 is 0. The van der Waals surface area contributed by atoms with Crippen molar-refractivity contribution in [2.75, 3.05) is 39.1 Å². The SMILES string of the molecule is CN(CCCc1ccccc1)CC(=O)NCc1ccc(N(C)C)cc1. The molecule has 1 N–H and O–H groups in total. The number of amides is 1. The van der Waals surface area contributed by atoms with Crippen LogP contribution >= 0.6 is 0 Å². The van der Waals surface area contributed by atoms with Gasteiger partial charge in [-0.2, -0.15) is 0 Å². The topological polar surface area (TPSA) is 35.6 Å². The molecule has 134 valence electrons. The number of anilines is 1. The molecule has 0 saturated carbocycles. The van der Waals surface area contributed by atoms with Gasteiger partial charge in [-0.3, -0.25) is 9.69 Å². The number of aryl methyl sites for hydroxylation is 1. The molecular weight excluding hydrogens is 310 g/mol. The molecule has 0 aromatic heterocycles. The Morgan fingerprint density at radius 1 is 0.920 bits per heavy atom. The summed E-state index contributed by atoms with van der Waals surface area (Å²) in [5.41, 5.74) is 3.63. The van der Waals surface area contributed by atoms with E-state index >= 15 is 0 Å². The molecule has 0 spiro atoms. The number of hydrogen-bond acceptors (Lipinski definition) is 3. The number of carbonyl (C=O) groups is 1. The Kier molecular flexibility index (Phi) is 7.48. The zero-order chi connectivity index (χ0) is 18.1. The predicted octanol–water partition coefficient (Wildman–Crippen LogP) is 2.93. The van der Waals surface area contributed by atoms with Gasteiger partial charge in [-0.05, 0) is 49.7 Å². The highest BCUT2D eigenvalue weighted by atomic mass is 16.2. The van der Waals surface area contributed by atoms with Crippen molar-refractivity contribution in [3.05, 3.63) is 65.7 Å². The Hall–Kier alpha value is -2.33. The lowest BCUT2D eigenvalue weighted by Crippen LogP contribution is -2.35. The average molecular weight is 339 g/mol. The summed E-state index contributed by atoms with van der Waals surface area (Å²) < 4.78 is 0. The molecule has 1 amide bonds. The van der Waals surface area contributed by atoms with Crippen LogP contribution in [0.5, 0.6) is 0 Å². The Labute approximate surface area is 151 Å². The van der Waals surface area contributed by atoms with Gasteiger partial charge in [0, 0.05) is 26.3 Å². The number of nitrogens with one attached hydrogen (secondary N) is 1. The number of rotatable bonds is 9. The van der Waals surface area contributed by atoms with Gasteiger partial charge in [0.1, 0.15) is 0 Å². The summed E-state index contributed by atoms with van der Waals surface area (Å²) in [6.45, 7) is 1.93. The van der Waals surface area contributed by atoms with Crippen molar-refractivity contribution in [2.24, 2.45) is 0 Å². The highest BCUT2D eigenvalue weighted by Gasteiger charge is 2.06. The maximum absolute atomic E-state index is 12.1. The first-order valence-electron chi connectivity index (χ1n) is 8.80. The van der Waals surface area contributed by atoms with Crippen LogP contribution in [0.25, 0.3) is 0 Å². The summed E-state index contributed by atoms with van der Waals surface area (Å²) in [6.07, 6.45) is 2.10. The molecule has 2 aromatic rings. The maximum Gasteiger partial charge on any atom is 0.234 e. The van der Waals surface area contributed by atoms with Gasteiger partial charge < -0.3 is 10.2 Å². The van der Waals surface area contributed by atoms with Crippen molar-refractivity contribution in [3.63, 3.8) is 0 Å². The maximum atomic E-state index is 12.1. The molecule has 0 aliphatic heterocycles. The summed E-state index contributed by atoms with van der Waals surface area (Å²) in [7, 11) is 6.03. The second-order valence-corrected chi connectivity index (χ2v) is 6.66. The van der Waals surface area contributed by atoms with Gasteiger partial charge in [0.2, 0.25) is 5.91 Å². The molecule has 2 aromatic carbocycles. The third-order valence-corrected chi connectivity index (χ3v) is 4.20. The molecule has 0 bridgehead atoms. The van der Waals surface area contributed by atoms with E-state index in [9.17, 15) is 4.79 Å². The van der Waals surface area contributed by atoms with E-state index in [0.717, 1.165) is 30.6 Å². The van der Waals surface area contributed by atoms with Gasteiger partial charge in [0.15, 0.2) is 0 Å². The number of hydrogen-bond donors (Lipinski definition) is 1. The van der Waals surface area contributed by atoms with Crippen molar-refractivity contribution in [1.82, 2.24) is 10.2 Å². The monoisotopic (exact) mass is 339 g/mol. The van der Waals surface area contributed by atoms with Crippen molar-refractivity contribution in [3.8, 4) is 0 Å². The second kappa shape index (κ2) is 9.84. The van der Waals surface area contributed by atoms with Crippen LogP contribution in [-0.2, 0) is 17.8 Å². The first kappa shape index (κ1) is 19.0. The molecule has 0 unspecified atom stereocenters. The van der Waals surface area contributed by atoms with Crippen LogP contribution in [0.1, 0.15) is 17.5 Å². The smallest absolute Gasteiger partial charge is 0.234 e. The first-order chi connectivity index (χ1) is 12.0. The van der Waals surface area contributed by atoms with E-state index in [-0.39, 0.29) is 5.91 Å². The van der Waals surface area contributed by atoms with Crippen LogP contribution in [0, 0.1) is 0 Å². The fraction of sp³-hybridized carbons (Fsp3) is 0.381. The van der Waals surface area contributed by atoms with E-state index in [0.29, 0.717) is 13.1 Å². The Morgan fingerprint density at radius 2 is 1.60 bits per heavy atom. The van der Waals surface area contributed by atoms with Gasteiger partial charge in [-0.1, -0.05) is 42.5 Å². The van der Waals surface area contributed by atoms with Gasteiger partial charge in [-0.25, -0.2) is 0 Å². The second-order valence-electron chi connectivity index (χ2n) is 6.66. The van der Waals surface area contributed by atoms with Crippen molar-refractivity contribution < 1.29 is 4.79 Å². The van der Waals surface area contributed by atoms with E-state index in [2.05, 4.69) is 63.6 Å². The van der Waals surface area contributed by atoms with E-state index in [1.807, 2.05) is 27.2 Å². The lowest BCUT2D eigenvalue weighted by atomic mass is 10.1. The Morgan fingerprint density at radius 3 is 2.24 bits per heavy atom. The Bertz CT molecular complexity index is 638. The molecule has 0 saturated heterocycles. The van der Waals surface area contributed by atoms with Crippen LogP contribution in [0.15, 0.2) is 54.6 Å². The molecular formula is C21H29N3O. The third-order valence-electron chi connectivity index (χ3n) is 4.20. The van der Waals surface area contributed by atoms with Gasteiger partial charge in [0.05, 0.1) is 6.54 Å². The first-order valence-corrected chi connectivity index (χ1v) is 8.80. The summed E-state index contributed by atoms with van der Waals surface area (Å²) in [5.74, 6) is 0.0684. The molecule has 0 atom stereocenters. The number of likely N-dealkylation sites (N-methyl/N-ethyl adjacent to an activating group) is 1. The summed E-state index contributed by atoms with van der Waals surface area (Å²) in [5, 5.41) is 2.99. The predicted molar refractivity (Wildman–Crippen MR) is 105 cm³/mol. The molecule has 0 fully saturated rings. The fourth-order valence-electron chi connectivity index (χ4n) is 2.69. The highest BCUT2D eigenvalue weighted by molar-refractivity contribution is 5.77. The van der Waals surface area contributed by atoms with E-state index in [4.69, 9.17) is 0 Å². The van der Waals surface area contributed by atoms with Crippen LogP contribution in [0.3, 0.4) is 0 Å². The number of carbonyl (C=O) groups excluding carboxylic acids is 1. The van der Waals surface area contributed by atoms with Crippen molar-refractivity contribution in [1.29, 1.82) is 0 Å². The summed E-state index contributed by atoms with van der Waals surface area (Å²) in [4.78, 5) is 16.2. The largest absolute Gasteiger partial charge is 0.378 e. The summed E-state index contributed by atoms with van der Waals surface area (Å²) in [6, 6.07) is 18.7. The van der Waals surface area contributed by atoms with E-state index in [1.54, 1.807) is 0 Å². The molecule has 4 heteroatoms. The van der Waals surface area contributed by atoms with Crippen LogP contribution in [-0.4, -0.2) is 45.0 Å². The third kappa shape index (κ3) is 6.98. The average Bonchev–Trinajstić information content (AvgIpc) is 2.61. The number of benzene rings is 2. The van der Waals surface area contributed by atoms with E-state index < -0.39 is 0 Å². The zero-order valence-electron chi connectivity index (χ0n) is 15.5. The molecule has 0 heterocycles. The van der Waals surface area contributed by atoms with E-state index in [1.165, 1.54) is 5.56 Å². The van der Waals surface area contributed by atoms with Crippen LogP contribution in [0.4, 0.5) is 5.69 Å². The lowest BCUT2D eigenvalue weighted by molar-refractivity contribution is -0.122. The molecule has 0 radical (unpaired) electrons. The molecule has 0 aliphatic carbocycles. The standard InChI is InChI=1S/C21H29N3O/c1-23(2)20-13-11-19(12-14-20)16-22-21(25)17-24(3)15-7-10-18-8-5-4-6-9-18/h4-6,8-9,11-14H,7,10,15-17H2,1-3H3,(H,22,25). The quantitative estimate of drug-likeness (QED) is 0.763. The van der Waals surface area contributed by atoms with Crippen LogP contribution in [0.2, 0.25) is 0 Å². The highest BCUT2D eigenvalue weighted by Crippen LogP contribution is 2.11. The minimum Gasteiger partial charge on any atom is -0.378 e. The van der Waals surface area contributed by atoms with Crippen molar-refractivity contribution >= 4 is 11.6 Å². The normalized spacial score (nSPS) is 10.7. The van der Waals surface area contributed by atoms with Gasteiger partial charge in [-0.15, -0.1) is 0 Å².